The highest BCUT2D eigenvalue weighted by Crippen LogP contribution is 2.29. The summed E-state index contributed by atoms with van der Waals surface area (Å²) in [5.41, 5.74) is 0.540. The van der Waals surface area contributed by atoms with E-state index in [0.29, 0.717) is 37.7 Å². The van der Waals surface area contributed by atoms with Gasteiger partial charge in [0.15, 0.2) is 23.1 Å². The number of nitrogens with zero attached hydrogens (tertiary/aromatic N) is 4. The number of rotatable bonds is 13. The van der Waals surface area contributed by atoms with Crippen molar-refractivity contribution in [3.8, 4) is 17.2 Å². The molecule has 4 rings (SSSR count). The Kier molecular flexibility index (Phi) is 10.7. The summed E-state index contributed by atoms with van der Waals surface area (Å²) < 4.78 is 51.2. The second-order valence-corrected chi connectivity index (χ2v) is 10.5. The molecule has 1 atom stereocenters. The summed E-state index contributed by atoms with van der Waals surface area (Å²) in [6.45, 7) is 4.34. The number of halogens is 2. The molecule has 1 N–H and O–H groups in total. The summed E-state index contributed by atoms with van der Waals surface area (Å²) >= 11 is 0. The minimum absolute atomic E-state index is 0.0103. The van der Waals surface area contributed by atoms with Gasteiger partial charge in [0.25, 0.3) is 0 Å². The predicted octanol–water partition coefficient (Wildman–Crippen LogP) is 3.05. The maximum atomic E-state index is 13.7. The van der Waals surface area contributed by atoms with Crippen LogP contribution < -0.4 is 14.2 Å². The van der Waals surface area contributed by atoms with Crippen LogP contribution in [0.2, 0.25) is 0 Å². The maximum absolute atomic E-state index is 13.7. The first kappa shape index (κ1) is 31.2. The zero-order valence-electron chi connectivity index (χ0n) is 24.2. The Bertz CT molecular complexity index is 1340. The molecule has 0 spiro atoms. The van der Waals surface area contributed by atoms with E-state index < -0.39 is 17.2 Å². The van der Waals surface area contributed by atoms with Gasteiger partial charge < -0.3 is 29.0 Å². The van der Waals surface area contributed by atoms with Crippen molar-refractivity contribution in [3.05, 3.63) is 71.6 Å². The fraction of sp³-hybridized carbons (Fsp3) is 0.467. The molecule has 1 aromatic heterocycles. The van der Waals surface area contributed by atoms with Crippen LogP contribution in [0.4, 0.5) is 8.78 Å². The van der Waals surface area contributed by atoms with Crippen LogP contribution in [0.5, 0.6) is 17.2 Å². The first-order valence-electron chi connectivity index (χ1n) is 13.8. The molecule has 0 saturated carbocycles. The van der Waals surface area contributed by atoms with Gasteiger partial charge in [-0.3, -0.25) is 14.4 Å². The van der Waals surface area contributed by atoms with E-state index in [2.05, 4.69) is 5.10 Å². The number of β-amino-alcohol motifs (C(OH)–C–C–N with tert-alkyl or cyclic N) is 1. The molecule has 12 heteroatoms. The molecule has 2 heterocycles. The minimum Gasteiger partial charge on any atom is -0.493 e. The molecule has 1 amide bonds. The van der Waals surface area contributed by atoms with Crippen molar-refractivity contribution in [2.45, 2.75) is 32.0 Å². The molecule has 10 nitrogen and oxygen atoms in total. The number of amides is 1. The number of aromatic nitrogens is 2. The number of hydrogen-bond donors (Lipinski definition) is 1. The zero-order chi connectivity index (χ0) is 30.1. The third-order valence-corrected chi connectivity index (χ3v) is 6.89. The maximum Gasteiger partial charge on any atom is 0.248 e. The number of carbonyl (C=O) groups is 1. The summed E-state index contributed by atoms with van der Waals surface area (Å²) in [5.74, 6) is -1.01. The van der Waals surface area contributed by atoms with Crippen LogP contribution in [-0.4, -0.2) is 96.4 Å². The first-order chi connectivity index (χ1) is 20.2. The molecule has 3 aromatic rings. The number of hydrogen-bond acceptors (Lipinski definition) is 8. The number of methoxy groups -OCH3 is 2. The van der Waals surface area contributed by atoms with E-state index in [1.165, 1.54) is 18.1 Å². The van der Waals surface area contributed by atoms with Gasteiger partial charge in [-0.05, 0) is 42.3 Å². The third-order valence-electron chi connectivity index (χ3n) is 6.89. The number of aliphatic hydroxyl groups is 1. The average Bonchev–Trinajstić information content (AvgIpc) is 3.31. The van der Waals surface area contributed by atoms with Crippen molar-refractivity contribution >= 4 is 5.91 Å². The molecule has 1 saturated heterocycles. The van der Waals surface area contributed by atoms with Crippen LogP contribution in [0.1, 0.15) is 17.5 Å². The van der Waals surface area contributed by atoms with Crippen molar-refractivity contribution in [1.29, 1.82) is 0 Å². The average molecular weight is 589 g/mol. The number of ether oxygens (including phenoxy) is 4. The lowest BCUT2D eigenvalue weighted by Gasteiger charge is -2.33. The van der Waals surface area contributed by atoms with Gasteiger partial charge in [0, 0.05) is 58.5 Å². The van der Waals surface area contributed by atoms with Gasteiger partial charge in [-0.15, -0.1) is 0 Å². The van der Waals surface area contributed by atoms with Gasteiger partial charge >= 0.3 is 0 Å². The quantitative estimate of drug-likeness (QED) is 0.305. The highest BCUT2D eigenvalue weighted by Gasteiger charge is 2.37. The van der Waals surface area contributed by atoms with Crippen molar-refractivity contribution in [2.75, 3.05) is 60.2 Å². The molecule has 1 aliphatic rings. The van der Waals surface area contributed by atoms with Crippen LogP contribution in [0.15, 0.2) is 48.8 Å². The normalized spacial score (nSPS) is 17.6. The molecule has 0 radical (unpaired) electrons. The largest absolute Gasteiger partial charge is 0.493 e. The Hall–Kier alpha value is -3.74. The smallest absolute Gasteiger partial charge is 0.248 e. The van der Waals surface area contributed by atoms with Gasteiger partial charge in [0.2, 0.25) is 5.91 Å². The zero-order valence-corrected chi connectivity index (χ0v) is 24.2. The molecule has 0 aliphatic carbocycles. The fourth-order valence-corrected chi connectivity index (χ4v) is 4.87. The van der Waals surface area contributed by atoms with Gasteiger partial charge in [0.1, 0.15) is 24.6 Å². The molecular weight excluding hydrogens is 550 g/mol. The summed E-state index contributed by atoms with van der Waals surface area (Å²) in [7, 11) is 3.01. The molecule has 2 aromatic carbocycles. The SMILES string of the molecule is COCC(=O)N1CCN(Cc2ccc(OCCCn3cc(C)cn3)c(OC)c2)CC(O)(COc2ccc(F)c(F)c2)C1. The van der Waals surface area contributed by atoms with Gasteiger partial charge in [-0.2, -0.15) is 5.10 Å². The highest BCUT2D eigenvalue weighted by atomic mass is 19.2. The Labute approximate surface area is 244 Å². The van der Waals surface area contributed by atoms with Gasteiger partial charge in [-0.1, -0.05) is 6.07 Å². The van der Waals surface area contributed by atoms with E-state index in [4.69, 9.17) is 18.9 Å². The van der Waals surface area contributed by atoms with Crippen LogP contribution >= 0.6 is 0 Å². The first-order valence-corrected chi connectivity index (χ1v) is 13.8. The number of benzene rings is 2. The Morgan fingerprint density at radius 3 is 2.60 bits per heavy atom. The van der Waals surface area contributed by atoms with Crippen molar-refractivity contribution < 1.29 is 37.6 Å². The molecule has 1 fully saturated rings. The minimum atomic E-state index is -1.50. The lowest BCUT2D eigenvalue weighted by molar-refractivity contribution is -0.138. The van der Waals surface area contributed by atoms with Crippen molar-refractivity contribution in [2.24, 2.45) is 0 Å². The third kappa shape index (κ3) is 8.63. The number of carbonyl (C=O) groups excluding carboxylic acids is 1. The second-order valence-electron chi connectivity index (χ2n) is 10.5. The van der Waals surface area contributed by atoms with Crippen molar-refractivity contribution in [1.82, 2.24) is 19.6 Å². The number of aryl methyl sites for hydroxylation is 2. The molecule has 1 unspecified atom stereocenters. The van der Waals surface area contributed by atoms with Crippen LogP contribution in [0.3, 0.4) is 0 Å². The standard InChI is InChI=1S/C30H38F2N4O6/c1-22-15-33-36(16-22)9-4-12-41-27-8-5-23(13-28(27)40-3)17-34-10-11-35(29(37)18-39-2)20-30(38,19-34)21-42-24-6-7-25(31)26(32)14-24/h5-8,13-16,38H,4,9-12,17-21H2,1-3H3. The molecule has 228 valence electrons. The lowest BCUT2D eigenvalue weighted by Crippen LogP contribution is -2.52. The van der Waals surface area contributed by atoms with E-state index in [1.807, 2.05) is 47.1 Å². The molecular formula is C30H38F2N4O6. The summed E-state index contributed by atoms with van der Waals surface area (Å²) in [5, 5.41) is 15.9. The summed E-state index contributed by atoms with van der Waals surface area (Å²) in [6.07, 6.45) is 4.59. The highest BCUT2D eigenvalue weighted by molar-refractivity contribution is 5.77. The topological polar surface area (TPSA) is 98.5 Å². The van der Waals surface area contributed by atoms with Gasteiger partial charge in [0.05, 0.1) is 26.5 Å². The Balaban J connectivity index is 1.41. The van der Waals surface area contributed by atoms with E-state index in [-0.39, 0.29) is 38.0 Å². The summed E-state index contributed by atoms with van der Waals surface area (Å²) in [6, 6.07) is 8.86. The van der Waals surface area contributed by atoms with Gasteiger partial charge in [-0.25, -0.2) is 8.78 Å². The predicted molar refractivity (Wildman–Crippen MR) is 151 cm³/mol. The molecule has 1 aliphatic heterocycles. The van der Waals surface area contributed by atoms with Crippen LogP contribution in [-0.2, 0) is 22.6 Å². The second kappa shape index (κ2) is 14.4. The fourth-order valence-electron chi connectivity index (χ4n) is 4.87. The van der Waals surface area contributed by atoms with E-state index >= 15 is 0 Å². The Morgan fingerprint density at radius 1 is 1.05 bits per heavy atom. The lowest BCUT2D eigenvalue weighted by atomic mass is 10.0. The Morgan fingerprint density at radius 2 is 1.88 bits per heavy atom. The van der Waals surface area contributed by atoms with E-state index in [1.54, 1.807) is 7.11 Å². The van der Waals surface area contributed by atoms with E-state index in [0.717, 1.165) is 36.2 Å². The van der Waals surface area contributed by atoms with Crippen LogP contribution in [0, 0.1) is 18.6 Å². The monoisotopic (exact) mass is 588 g/mol. The molecule has 0 bridgehead atoms. The van der Waals surface area contributed by atoms with Crippen molar-refractivity contribution in [3.63, 3.8) is 0 Å². The summed E-state index contributed by atoms with van der Waals surface area (Å²) in [4.78, 5) is 16.2. The van der Waals surface area contributed by atoms with E-state index in [9.17, 15) is 18.7 Å². The molecule has 42 heavy (non-hydrogen) atoms. The van der Waals surface area contributed by atoms with Crippen LogP contribution in [0.25, 0.3) is 0 Å².